The summed E-state index contributed by atoms with van der Waals surface area (Å²) in [6.45, 7) is 8.76. The molecule has 0 heterocycles. The fourth-order valence-corrected chi connectivity index (χ4v) is 4.15. The number of ether oxygens (including phenoxy) is 1. The van der Waals surface area contributed by atoms with Gasteiger partial charge in [0.1, 0.15) is 5.60 Å². The standard InChI is InChI=1S/C19H36N2O2/c1-19(2,3)23-18(22)21-11-7-5-4-6-10-20-14-17-13-15-8-9-16(17)12-15/h15-17,20H,4-14H2,1-3H3,(H,21,22). The molecule has 2 bridgehead atoms. The van der Waals surface area contributed by atoms with Crippen molar-refractivity contribution >= 4 is 6.09 Å². The lowest BCUT2D eigenvalue weighted by molar-refractivity contribution is 0.0527. The van der Waals surface area contributed by atoms with Gasteiger partial charge in [0, 0.05) is 6.54 Å². The van der Waals surface area contributed by atoms with E-state index >= 15 is 0 Å². The second kappa shape index (κ2) is 8.91. The van der Waals surface area contributed by atoms with Crippen molar-refractivity contribution in [2.24, 2.45) is 17.8 Å². The van der Waals surface area contributed by atoms with Gasteiger partial charge in [0.2, 0.25) is 0 Å². The lowest BCUT2D eigenvalue weighted by atomic mass is 9.89. The van der Waals surface area contributed by atoms with Crippen LogP contribution in [0.1, 0.15) is 72.1 Å². The number of fused-ring (bicyclic) bond motifs is 2. The fraction of sp³-hybridized carbons (Fsp3) is 0.947. The third kappa shape index (κ3) is 7.11. The number of hydrogen-bond acceptors (Lipinski definition) is 3. The second-order valence-corrected chi connectivity index (χ2v) is 8.48. The van der Waals surface area contributed by atoms with E-state index in [0.717, 1.165) is 30.7 Å². The predicted molar refractivity (Wildman–Crippen MR) is 94.5 cm³/mol. The molecule has 0 spiro atoms. The number of carbonyl (C=O) groups excluding carboxylic acids is 1. The molecule has 0 aromatic heterocycles. The first kappa shape index (κ1) is 18.6. The number of alkyl carbamates (subject to hydrolysis) is 1. The van der Waals surface area contributed by atoms with Crippen molar-refractivity contribution in [2.45, 2.75) is 77.7 Å². The molecule has 0 radical (unpaired) electrons. The number of amides is 1. The first-order valence-corrected chi connectivity index (χ1v) is 9.61. The van der Waals surface area contributed by atoms with Crippen molar-refractivity contribution in [1.82, 2.24) is 10.6 Å². The zero-order valence-electron chi connectivity index (χ0n) is 15.3. The highest BCUT2D eigenvalue weighted by molar-refractivity contribution is 5.67. The highest BCUT2D eigenvalue weighted by Crippen LogP contribution is 2.47. The molecule has 4 heteroatoms. The molecule has 2 aliphatic carbocycles. The van der Waals surface area contributed by atoms with E-state index in [2.05, 4.69) is 10.6 Å². The van der Waals surface area contributed by atoms with Gasteiger partial charge in [-0.25, -0.2) is 4.79 Å². The van der Waals surface area contributed by atoms with Crippen LogP contribution in [0.2, 0.25) is 0 Å². The number of unbranched alkanes of at least 4 members (excludes halogenated alkanes) is 3. The number of rotatable bonds is 9. The largest absolute Gasteiger partial charge is 0.444 e. The van der Waals surface area contributed by atoms with Gasteiger partial charge in [-0.2, -0.15) is 0 Å². The first-order chi connectivity index (χ1) is 10.9. The molecular formula is C19H36N2O2. The van der Waals surface area contributed by atoms with Gasteiger partial charge < -0.3 is 15.4 Å². The fourth-order valence-electron chi connectivity index (χ4n) is 4.15. The first-order valence-electron chi connectivity index (χ1n) is 9.61. The van der Waals surface area contributed by atoms with Gasteiger partial charge in [-0.15, -0.1) is 0 Å². The average Bonchev–Trinajstić information content (AvgIpc) is 3.06. The third-order valence-corrected chi connectivity index (χ3v) is 5.24. The highest BCUT2D eigenvalue weighted by Gasteiger charge is 2.38. The SMILES string of the molecule is CC(C)(C)OC(=O)NCCCCCCNCC1CC2CCC1C2. The van der Waals surface area contributed by atoms with E-state index in [1.165, 1.54) is 51.5 Å². The number of nitrogens with one attached hydrogen (secondary N) is 2. The topological polar surface area (TPSA) is 50.4 Å². The molecule has 3 atom stereocenters. The zero-order chi connectivity index (χ0) is 16.7. The Bertz CT molecular complexity index is 365. The maximum absolute atomic E-state index is 11.5. The monoisotopic (exact) mass is 324 g/mol. The summed E-state index contributed by atoms with van der Waals surface area (Å²) in [5, 5.41) is 6.47. The van der Waals surface area contributed by atoms with Gasteiger partial charge in [-0.1, -0.05) is 19.3 Å². The maximum atomic E-state index is 11.5. The Labute approximate surface area is 142 Å². The summed E-state index contributed by atoms with van der Waals surface area (Å²) in [7, 11) is 0. The van der Waals surface area contributed by atoms with Crippen LogP contribution in [0.15, 0.2) is 0 Å². The van der Waals surface area contributed by atoms with E-state index in [0.29, 0.717) is 6.54 Å². The van der Waals surface area contributed by atoms with Gasteiger partial charge in [-0.05, 0) is 83.7 Å². The van der Waals surface area contributed by atoms with Crippen LogP contribution in [0.3, 0.4) is 0 Å². The van der Waals surface area contributed by atoms with Crippen LogP contribution in [-0.4, -0.2) is 31.3 Å². The molecule has 134 valence electrons. The summed E-state index contributed by atoms with van der Waals surface area (Å²) < 4.78 is 5.21. The summed E-state index contributed by atoms with van der Waals surface area (Å²) in [6.07, 6.45) is 10.4. The van der Waals surface area contributed by atoms with Gasteiger partial charge in [0.05, 0.1) is 0 Å². The minimum absolute atomic E-state index is 0.301. The molecule has 0 aromatic rings. The Kier molecular flexibility index (Phi) is 7.19. The van der Waals surface area contributed by atoms with E-state index in [9.17, 15) is 4.79 Å². The molecule has 0 aliphatic heterocycles. The van der Waals surface area contributed by atoms with E-state index in [1.807, 2.05) is 20.8 Å². The van der Waals surface area contributed by atoms with Crippen molar-refractivity contribution in [3.8, 4) is 0 Å². The summed E-state index contributed by atoms with van der Waals surface area (Å²) in [6, 6.07) is 0. The molecule has 4 nitrogen and oxygen atoms in total. The van der Waals surface area contributed by atoms with Crippen molar-refractivity contribution in [3.63, 3.8) is 0 Å². The van der Waals surface area contributed by atoms with Crippen molar-refractivity contribution in [2.75, 3.05) is 19.6 Å². The van der Waals surface area contributed by atoms with Crippen LogP contribution in [0.25, 0.3) is 0 Å². The van der Waals surface area contributed by atoms with Gasteiger partial charge >= 0.3 is 6.09 Å². The Hall–Kier alpha value is -0.770. The lowest BCUT2D eigenvalue weighted by Gasteiger charge is -2.21. The zero-order valence-corrected chi connectivity index (χ0v) is 15.3. The molecule has 2 fully saturated rings. The van der Waals surface area contributed by atoms with Gasteiger partial charge in [0.25, 0.3) is 0 Å². The van der Waals surface area contributed by atoms with Crippen molar-refractivity contribution in [1.29, 1.82) is 0 Å². The van der Waals surface area contributed by atoms with Crippen molar-refractivity contribution in [3.05, 3.63) is 0 Å². The lowest BCUT2D eigenvalue weighted by Crippen LogP contribution is -2.33. The summed E-state index contributed by atoms with van der Waals surface area (Å²) in [5.41, 5.74) is -0.408. The van der Waals surface area contributed by atoms with Gasteiger partial charge in [-0.3, -0.25) is 0 Å². The molecule has 23 heavy (non-hydrogen) atoms. The molecule has 2 N–H and O–H groups in total. The quantitative estimate of drug-likeness (QED) is 0.628. The Balaban J connectivity index is 1.35. The van der Waals surface area contributed by atoms with E-state index in [-0.39, 0.29) is 6.09 Å². The average molecular weight is 325 g/mol. The molecule has 0 saturated heterocycles. The molecule has 2 aliphatic rings. The summed E-state index contributed by atoms with van der Waals surface area (Å²) >= 11 is 0. The van der Waals surface area contributed by atoms with Crippen LogP contribution >= 0.6 is 0 Å². The van der Waals surface area contributed by atoms with E-state index < -0.39 is 5.60 Å². The van der Waals surface area contributed by atoms with Crippen molar-refractivity contribution < 1.29 is 9.53 Å². The minimum atomic E-state index is -0.408. The van der Waals surface area contributed by atoms with Crippen LogP contribution in [0.5, 0.6) is 0 Å². The predicted octanol–water partition coefficient (Wildman–Crippen LogP) is 4.10. The Morgan fingerprint density at radius 1 is 1.04 bits per heavy atom. The molecule has 2 rings (SSSR count). The smallest absolute Gasteiger partial charge is 0.407 e. The third-order valence-electron chi connectivity index (χ3n) is 5.24. The van der Waals surface area contributed by atoms with Gasteiger partial charge in [0.15, 0.2) is 0 Å². The van der Waals surface area contributed by atoms with E-state index in [4.69, 9.17) is 4.74 Å². The summed E-state index contributed by atoms with van der Waals surface area (Å²) in [5.74, 6) is 3.06. The van der Waals surface area contributed by atoms with E-state index in [1.54, 1.807) is 0 Å². The summed E-state index contributed by atoms with van der Waals surface area (Å²) in [4.78, 5) is 11.5. The Morgan fingerprint density at radius 3 is 2.39 bits per heavy atom. The number of hydrogen-bond donors (Lipinski definition) is 2. The van der Waals surface area contributed by atoms with Crippen LogP contribution in [0, 0.1) is 17.8 Å². The normalized spacial score (nSPS) is 26.5. The molecule has 0 aromatic carbocycles. The molecule has 1 amide bonds. The second-order valence-electron chi connectivity index (χ2n) is 8.48. The van der Waals surface area contributed by atoms with Crippen LogP contribution < -0.4 is 10.6 Å². The molecule has 3 unspecified atom stereocenters. The van der Waals surface area contributed by atoms with Crippen LogP contribution in [-0.2, 0) is 4.74 Å². The Morgan fingerprint density at radius 2 is 1.78 bits per heavy atom. The molecular weight excluding hydrogens is 288 g/mol. The minimum Gasteiger partial charge on any atom is -0.444 e. The number of carbonyl (C=O) groups is 1. The van der Waals surface area contributed by atoms with Crippen LogP contribution in [0.4, 0.5) is 4.79 Å². The highest BCUT2D eigenvalue weighted by atomic mass is 16.6. The molecule has 2 saturated carbocycles. The maximum Gasteiger partial charge on any atom is 0.407 e.